The van der Waals surface area contributed by atoms with E-state index in [-0.39, 0.29) is 23.5 Å². The number of rotatable bonds is 3. The number of fused-ring (bicyclic) bond motifs is 1. The summed E-state index contributed by atoms with van der Waals surface area (Å²) in [6, 6.07) is 11.2. The molecule has 0 saturated carbocycles. The molecule has 1 unspecified atom stereocenters. The smallest absolute Gasteiger partial charge is 0.446 e. The van der Waals surface area contributed by atoms with E-state index in [0.29, 0.717) is 0 Å². The first-order valence-electron chi connectivity index (χ1n) is 6.62. The van der Waals surface area contributed by atoms with Gasteiger partial charge in [-0.15, -0.1) is 0 Å². The Labute approximate surface area is 132 Å². The van der Waals surface area contributed by atoms with E-state index in [4.69, 9.17) is 9.29 Å². The minimum absolute atomic E-state index is 0.0626. The molecule has 0 radical (unpaired) electrons. The second-order valence-electron chi connectivity index (χ2n) is 4.97. The number of benzene rings is 2. The highest BCUT2D eigenvalue weighted by molar-refractivity contribution is 7.81. The Bertz CT molecular complexity index is 859. The summed E-state index contributed by atoms with van der Waals surface area (Å²) in [5.74, 6) is -1.28. The average molecular weight is 336 g/mol. The molecule has 0 bridgehead atoms. The second kappa shape index (κ2) is 5.56. The molecule has 1 heterocycles. The van der Waals surface area contributed by atoms with Gasteiger partial charge in [-0.1, -0.05) is 30.3 Å². The maximum Gasteiger partial charge on any atom is 0.446 e. The van der Waals surface area contributed by atoms with Crippen LogP contribution in [0.2, 0.25) is 0 Å². The molecule has 2 aromatic rings. The van der Waals surface area contributed by atoms with Gasteiger partial charge in [-0.2, -0.15) is 8.42 Å². The predicted molar refractivity (Wildman–Crippen MR) is 79.0 cm³/mol. The van der Waals surface area contributed by atoms with E-state index < -0.39 is 28.0 Å². The molecule has 2 aromatic carbocycles. The zero-order valence-corrected chi connectivity index (χ0v) is 12.5. The number of carbonyl (C=O) groups excluding carboxylic acids is 1. The number of carbonyl (C=O) groups is 1. The maximum absolute atomic E-state index is 12.3. The second-order valence-corrected chi connectivity index (χ2v) is 5.99. The molecule has 1 aliphatic heterocycles. The lowest BCUT2D eigenvalue weighted by molar-refractivity contribution is 0.0849. The third-order valence-electron chi connectivity index (χ3n) is 3.37. The molecule has 0 aliphatic carbocycles. The number of phenolic OH excluding ortho intramolecular Hbond substituents is 1. The zero-order chi connectivity index (χ0) is 16.6. The zero-order valence-electron chi connectivity index (χ0n) is 11.7. The van der Waals surface area contributed by atoms with Crippen LogP contribution in [0.3, 0.4) is 0 Å². The minimum Gasteiger partial charge on any atom is -0.504 e. The number of aromatic hydroxyl groups is 1. The Balaban J connectivity index is 1.97. The molecular weight excluding hydrogens is 324 g/mol. The van der Waals surface area contributed by atoms with Crippen molar-refractivity contribution in [3.05, 3.63) is 53.6 Å². The predicted octanol–water partition coefficient (Wildman–Crippen LogP) is 2.28. The van der Waals surface area contributed by atoms with Gasteiger partial charge in [-0.3, -0.25) is 9.35 Å². The van der Waals surface area contributed by atoms with E-state index >= 15 is 0 Å². The van der Waals surface area contributed by atoms with E-state index in [1.54, 1.807) is 0 Å². The van der Waals surface area contributed by atoms with E-state index in [2.05, 4.69) is 4.18 Å². The summed E-state index contributed by atoms with van der Waals surface area (Å²) in [4.78, 5) is 12.3. The van der Waals surface area contributed by atoms with Crippen LogP contribution in [0.15, 0.2) is 42.5 Å². The topological polar surface area (TPSA) is 110 Å². The molecule has 1 atom stereocenters. The Morgan fingerprint density at radius 3 is 2.52 bits per heavy atom. The molecule has 8 heteroatoms. The summed E-state index contributed by atoms with van der Waals surface area (Å²) in [6.07, 6.45) is -0.434. The molecule has 0 spiro atoms. The molecule has 2 N–H and O–H groups in total. The third-order valence-corrected chi connectivity index (χ3v) is 3.76. The van der Waals surface area contributed by atoms with Gasteiger partial charge in [-0.05, 0) is 5.56 Å². The van der Waals surface area contributed by atoms with Gasteiger partial charge >= 0.3 is 10.4 Å². The normalized spacial score (nSPS) is 17.3. The number of hydrogen-bond acceptors (Lipinski definition) is 6. The monoisotopic (exact) mass is 336 g/mol. The molecule has 0 saturated heterocycles. The first-order chi connectivity index (χ1) is 10.8. The lowest BCUT2D eigenvalue weighted by Crippen LogP contribution is -2.20. The van der Waals surface area contributed by atoms with Crippen LogP contribution in [-0.4, -0.2) is 23.9 Å². The van der Waals surface area contributed by atoms with Gasteiger partial charge in [0.05, 0.1) is 12.0 Å². The summed E-state index contributed by atoms with van der Waals surface area (Å²) in [6.45, 7) is 0. The highest BCUT2D eigenvalue weighted by Crippen LogP contribution is 2.41. The van der Waals surface area contributed by atoms with Crippen molar-refractivity contribution in [2.45, 2.75) is 12.5 Å². The van der Waals surface area contributed by atoms with Crippen molar-refractivity contribution in [1.29, 1.82) is 0 Å². The van der Waals surface area contributed by atoms with Crippen molar-refractivity contribution < 1.29 is 31.8 Å². The summed E-state index contributed by atoms with van der Waals surface area (Å²) in [5, 5.41) is 9.78. The minimum atomic E-state index is -4.81. The van der Waals surface area contributed by atoms with E-state index in [9.17, 15) is 18.3 Å². The molecule has 7 nitrogen and oxygen atoms in total. The van der Waals surface area contributed by atoms with Gasteiger partial charge in [-0.25, -0.2) is 0 Å². The van der Waals surface area contributed by atoms with E-state index in [1.807, 2.05) is 30.3 Å². The van der Waals surface area contributed by atoms with E-state index in [0.717, 1.165) is 17.7 Å². The lowest BCUT2D eigenvalue weighted by Gasteiger charge is -2.26. The standard InChI is InChI=1S/C15H12O7S/c16-11-7-13(9-4-2-1-3-5-9)21-14-8-12(17)15(6-10(11)14)22-23(18,19)20/h1-6,8,13,17H,7H2,(H,18,19,20). The Hall–Kier alpha value is -2.58. The number of ketones is 1. The summed E-state index contributed by atoms with van der Waals surface area (Å²) < 4.78 is 40.1. The fourth-order valence-corrected chi connectivity index (χ4v) is 2.73. The Morgan fingerprint density at radius 1 is 1.17 bits per heavy atom. The average Bonchev–Trinajstić information content (AvgIpc) is 2.48. The fraction of sp³-hybridized carbons (Fsp3) is 0.133. The van der Waals surface area contributed by atoms with Crippen LogP contribution in [0.25, 0.3) is 0 Å². The molecule has 3 rings (SSSR count). The van der Waals surface area contributed by atoms with Gasteiger partial charge in [0, 0.05) is 12.1 Å². The van der Waals surface area contributed by atoms with Crippen LogP contribution in [0.4, 0.5) is 0 Å². The van der Waals surface area contributed by atoms with Crippen LogP contribution >= 0.6 is 0 Å². The molecular formula is C15H12O7S. The fourth-order valence-electron chi connectivity index (χ4n) is 2.37. The molecule has 120 valence electrons. The first-order valence-corrected chi connectivity index (χ1v) is 7.99. The molecule has 0 amide bonds. The quantitative estimate of drug-likeness (QED) is 0.827. The first kappa shape index (κ1) is 15.3. The van der Waals surface area contributed by atoms with Crippen molar-refractivity contribution in [3.8, 4) is 17.2 Å². The van der Waals surface area contributed by atoms with E-state index in [1.165, 1.54) is 0 Å². The molecule has 1 aliphatic rings. The lowest BCUT2D eigenvalue weighted by atomic mass is 9.96. The maximum atomic E-state index is 12.3. The van der Waals surface area contributed by atoms with Gasteiger partial charge in [0.2, 0.25) is 0 Å². The molecule has 23 heavy (non-hydrogen) atoms. The third kappa shape index (κ3) is 3.27. The van der Waals surface area contributed by atoms with Gasteiger partial charge in [0.25, 0.3) is 0 Å². The summed E-state index contributed by atoms with van der Waals surface area (Å²) in [5.41, 5.74) is 0.887. The highest BCUT2D eigenvalue weighted by atomic mass is 32.3. The summed E-state index contributed by atoms with van der Waals surface area (Å²) in [7, 11) is -4.81. The molecule has 0 aromatic heterocycles. The van der Waals surface area contributed by atoms with Gasteiger partial charge in [0.15, 0.2) is 17.3 Å². The number of ether oxygens (including phenoxy) is 1. The number of Topliss-reactive ketones (excluding diaryl/α,β-unsaturated/α-hetero) is 1. The number of hydrogen-bond donors (Lipinski definition) is 2. The Kier molecular flexibility index (Phi) is 3.70. The van der Waals surface area contributed by atoms with Crippen molar-refractivity contribution in [2.24, 2.45) is 0 Å². The van der Waals surface area contributed by atoms with Crippen LogP contribution in [-0.2, 0) is 10.4 Å². The van der Waals surface area contributed by atoms with Crippen molar-refractivity contribution in [1.82, 2.24) is 0 Å². The molecule has 0 fully saturated rings. The van der Waals surface area contributed by atoms with Gasteiger partial charge in [0.1, 0.15) is 11.9 Å². The summed E-state index contributed by atoms with van der Waals surface area (Å²) >= 11 is 0. The van der Waals surface area contributed by atoms with Gasteiger partial charge < -0.3 is 14.0 Å². The van der Waals surface area contributed by atoms with Crippen LogP contribution in [0.1, 0.15) is 28.4 Å². The van der Waals surface area contributed by atoms with Crippen LogP contribution < -0.4 is 8.92 Å². The SMILES string of the molecule is O=C1CC(c2ccccc2)Oc2cc(O)c(OS(=O)(=O)O)cc21. The van der Waals surface area contributed by atoms with Crippen molar-refractivity contribution in [2.75, 3.05) is 0 Å². The van der Waals surface area contributed by atoms with Crippen molar-refractivity contribution in [3.63, 3.8) is 0 Å². The van der Waals surface area contributed by atoms with Crippen molar-refractivity contribution >= 4 is 16.2 Å². The highest BCUT2D eigenvalue weighted by Gasteiger charge is 2.30. The Morgan fingerprint density at radius 2 is 1.87 bits per heavy atom. The largest absolute Gasteiger partial charge is 0.504 e. The van der Waals surface area contributed by atoms with Crippen LogP contribution in [0, 0.1) is 0 Å². The number of phenols is 1. The van der Waals surface area contributed by atoms with Crippen LogP contribution in [0.5, 0.6) is 17.2 Å².